The van der Waals surface area contributed by atoms with E-state index in [9.17, 15) is 4.79 Å². The van der Waals surface area contributed by atoms with E-state index >= 15 is 0 Å². The van der Waals surface area contributed by atoms with Crippen molar-refractivity contribution in [2.45, 2.75) is 32.7 Å². The summed E-state index contributed by atoms with van der Waals surface area (Å²) in [6.45, 7) is 4.14. The molecule has 1 aromatic carbocycles. The molecule has 0 unspecified atom stereocenters. The molecule has 32 heavy (non-hydrogen) atoms. The number of nitrogens with zero attached hydrogens (tertiary/aromatic N) is 3. The van der Waals surface area contributed by atoms with Crippen molar-refractivity contribution in [1.82, 2.24) is 30.5 Å². The van der Waals surface area contributed by atoms with Crippen LogP contribution < -0.4 is 5.32 Å². The topological polar surface area (TPSA) is 99.4 Å². The van der Waals surface area contributed by atoms with E-state index in [1.165, 1.54) is 0 Å². The fraction of sp³-hybridized carbons (Fsp3) is 0.200. The molecule has 160 valence electrons. The minimum atomic E-state index is -0.121. The van der Waals surface area contributed by atoms with Gasteiger partial charge in [-0.1, -0.05) is 38.1 Å². The van der Waals surface area contributed by atoms with Crippen molar-refractivity contribution < 1.29 is 4.79 Å². The number of hydrogen-bond acceptors (Lipinski definition) is 4. The van der Waals surface area contributed by atoms with Crippen molar-refractivity contribution in [3.05, 3.63) is 66.6 Å². The summed E-state index contributed by atoms with van der Waals surface area (Å²) in [5.41, 5.74) is 5.76. The lowest BCUT2D eigenvalue weighted by atomic mass is 10.0. The Morgan fingerprint density at radius 1 is 1.06 bits per heavy atom. The van der Waals surface area contributed by atoms with Gasteiger partial charge in [-0.25, -0.2) is 4.98 Å². The Balaban J connectivity index is 1.67. The Morgan fingerprint density at radius 3 is 2.69 bits per heavy atom. The van der Waals surface area contributed by atoms with Crippen molar-refractivity contribution in [2.75, 3.05) is 0 Å². The Hall–Kier alpha value is -4.00. The molecule has 0 radical (unpaired) electrons. The lowest BCUT2D eigenvalue weighted by molar-refractivity contribution is 0.0934. The number of aromatic nitrogens is 5. The van der Waals surface area contributed by atoms with Crippen LogP contribution in [-0.2, 0) is 0 Å². The molecule has 3 N–H and O–H groups in total. The number of H-pyrrole nitrogens is 2. The van der Waals surface area contributed by atoms with Crippen LogP contribution in [0.5, 0.6) is 0 Å². The van der Waals surface area contributed by atoms with Gasteiger partial charge in [0, 0.05) is 52.0 Å². The van der Waals surface area contributed by atoms with Gasteiger partial charge in [-0.3, -0.25) is 14.9 Å². The molecular formula is C25H24N6O. The van der Waals surface area contributed by atoms with Crippen molar-refractivity contribution in [3.8, 4) is 22.5 Å². The number of fused-ring (bicyclic) bond motifs is 2. The van der Waals surface area contributed by atoms with E-state index in [0.29, 0.717) is 11.2 Å². The second-order valence-corrected chi connectivity index (χ2v) is 7.84. The van der Waals surface area contributed by atoms with Crippen LogP contribution in [-0.4, -0.2) is 37.1 Å². The summed E-state index contributed by atoms with van der Waals surface area (Å²) in [5, 5.41) is 12.5. The summed E-state index contributed by atoms with van der Waals surface area (Å²) in [4.78, 5) is 25.1. The fourth-order valence-corrected chi connectivity index (χ4v) is 4.11. The second-order valence-electron chi connectivity index (χ2n) is 7.84. The van der Waals surface area contributed by atoms with Gasteiger partial charge in [0.2, 0.25) is 0 Å². The van der Waals surface area contributed by atoms with Gasteiger partial charge in [-0.15, -0.1) is 0 Å². The van der Waals surface area contributed by atoms with Crippen LogP contribution in [0.4, 0.5) is 0 Å². The number of nitrogens with one attached hydrogen (secondary N) is 3. The minimum absolute atomic E-state index is 0.121. The highest BCUT2D eigenvalue weighted by Gasteiger charge is 2.21. The number of aromatic amines is 2. The Bertz CT molecular complexity index is 1400. The molecule has 7 heteroatoms. The normalized spacial score (nSPS) is 11.5. The van der Waals surface area contributed by atoms with Gasteiger partial charge in [-0.05, 0) is 31.0 Å². The highest BCUT2D eigenvalue weighted by Crippen LogP contribution is 2.39. The molecule has 5 aromatic rings. The molecule has 0 saturated carbocycles. The first-order valence-corrected chi connectivity index (χ1v) is 10.9. The van der Waals surface area contributed by atoms with Gasteiger partial charge < -0.3 is 10.3 Å². The number of hydrogen-bond donors (Lipinski definition) is 3. The smallest absolute Gasteiger partial charge is 0.253 e. The van der Waals surface area contributed by atoms with Gasteiger partial charge in [0.25, 0.3) is 5.91 Å². The maximum atomic E-state index is 12.8. The average molecular weight is 425 g/mol. The molecular weight excluding hydrogens is 400 g/mol. The largest absolute Gasteiger partial charge is 0.353 e. The molecule has 0 saturated heterocycles. The SMILES string of the molecule is CCC(CC)NC(=O)c1cnc2[nH]nc(-c3[nH]c4ccccc4c3-c3cccnc3)c2c1. The summed E-state index contributed by atoms with van der Waals surface area (Å²) in [7, 11) is 0. The molecule has 7 nitrogen and oxygen atoms in total. The third kappa shape index (κ3) is 3.41. The number of pyridine rings is 2. The predicted molar refractivity (Wildman–Crippen MR) is 126 cm³/mol. The van der Waals surface area contributed by atoms with Gasteiger partial charge in [-0.2, -0.15) is 5.10 Å². The summed E-state index contributed by atoms with van der Waals surface area (Å²) in [5.74, 6) is -0.121. The number of amides is 1. The number of rotatable bonds is 6. The van der Waals surface area contributed by atoms with Gasteiger partial charge in [0.05, 0.1) is 11.3 Å². The second kappa shape index (κ2) is 8.26. The Morgan fingerprint density at radius 2 is 1.91 bits per heavy atom. The molecule has 5 rings (SSSR count). The third-order valence-corrected chi connectivity index (χ3v) is 5.89. The fourth-order valence-electron chi connectivity index (χ4n) is 4.11. The van der Waals surface area contributed by atoms with Crippen molar-refractivity contribution >= 4 is 27.8 Å². The number of benzene rings is 1. The minimum Gasteiger partial charge on any atom is -0.353 e. The Labute approximate surface area is 185 Å². The summed E-state index contributed by atoms with van der Waals surface area (Å²) in [6, 6.07) is 14.1. The highest BCUT2D eigenvalue weighted by molar-refractivity contribution is 6.07. The van der Waals surface area contributed by atoms with Gasteiger partial charge >= 0.3 is 0 Å². The monoisotopic (exact) mass is 424 g/mol. The van der Waals surface area contributed by atoms with E-state index in [4.69, 9.17) is 0 Å². The predicted octanol–water partition coefficient (Wildman–Crippen LogP) is 5.09. The molecule has 0 aliphatic heterocycles. The Kier molecular flexibility index (Phi) is 5.15. The van der Waals surface area contributed by atoms with Crippen LogP contribution in [0, 0.1) is 0 Å². The van der Waals surface area contributed by atoms with E-state index < -0.39 is 0 Å². The van der Waals surface area contributed by atoms with Gasteiger partial charge in [0.15, 0.2) is 5.65 Å². The summed E-state index contributed by atoms with van der Waals surface area (Å²) in [6.07, 6.45) is 6.98. The first kappa shape index (κ1) is 19.9. The van der Waals surface area contributed by atoms with Crippen LogP contribution in [0.25, 0.3) is 44.5 Å². The van der Waals surface area contributed by atoms with E-state index in [0.717, 1.165) is 51.6 Å². The quantitative estimate of drug-likeness (QED) is 0.354. The lowest BCUT2D eigenvalue weighted by Crippen LogP contribution is -2.33. The first-order chi connectivity index (χ1) is 15.7. The van der Waals surface area contributed by atoms with Crippen molar-refractivity contribution in [2.24, 2.45) is 0 Å². The summed E-state index contributed by atoms with van der Waals surface area (Å²) < 4.78 is 0. The molecule has 4 heterocycles. The number of carbonyl (C=O) groups excluding carboxylic acids is 1. The zero-order chi connectivity index (χ0) is 22.1. The maximum absolute atomic E-state index is 12.8. The molecule has 0 bridgehead atoms. The molecule has 0 atom stereocenters. The van der Waals surface area contributed by atoms with Gasteiger partial charge in [0.1, 0.15) is 5.69 Å². The first-order valence-electron chi connectivity index (χ1n) is 10.9. The molecule has 0 aliphatic carbocycles. The van der Waals surface area contributed by atoms with Crippen LogP contribution >= 0.6 is 0 Å². The molecule has 0 spiro atoms. The molecule has 0 fully saturated rings. The molecule has 1 amide bonds. The van der Waals surface area contributed by atoms with E-state index in [2.05, 4.69) is 50.4 Å². The van der Waals surface area contributed by atoms with Crippen LogP contribution in [0.1, 0.15) is 37.0 Å². The lowest BCUT2D eigenvalue weighted by Gasteiger charge is -2.14. The van der Waals surface area contributed by atoms with Crippen LogP contribution in [0.2, 0.25) is 0 Å². The maximum Gasteiger partial charge on any atom is 0.253 e. The summed E-state index contributed by atoms with van der Waals surface area (Å²) >= 11 is 0. The van der Waals surface area contributed by atoms with E-state index in [-0.39, 0.29) is 11.9 Å². The molecule has 4 aromatic heterocycles. The van der Waals surface area contributed by atoms with Crippen LogP contribution in [0.15, 0.2) is 61.1 Å². The van der Waals surface area contributed by atoms with Crippen molar-refractivity contribution in [3.63, 3.8) is 0 Å². The number of carbonyl (C=O) groups is 1. The van der Waals surface area contributed by atoms with E-state index in [1.807, 2.05) is 42.6 Å². The average Bonchev–Trinajstić information content (AvgIpc) is 3.43. The standard InChI is InChI=1S/C25H24N6O/c1-3-17(4-2)28-25(32)16-12-19-22(30-31-24(19)27-14-16)23-21(15-8-7-11-26-13-15)18-9-5-6-10-20(18)29-23/h5-14,17,29H,3-4H2,1-2H3,(H,28,32)(H,27,30,31). The molecule has 0 aliphatic rings. The third-order valence-electron chi connectivity index (χ3n) is 5.89. The zero-order valence-electron chi connectivity index (χ0n) is 18.0. The highest BCUT2D eigenvalue weighted by atomic mass is 16.1. The number of para-hydroxylation sites is 1. The van der Waals surface area contributed by atoms with Crippen molar-refractivity contribution in [1.29, 1.82) is 0 Å². The van der Waals surface area contributed by atoms with E-state index in [1.54, 1.807) is 12.4 Å². The zero-order valence-corrected chi connectivity index (χ0v) is 18.0. The van der Waals surface area contributed by atoms with Crippen LogP contribution in [0.3, 0.4) is 0 Å².